The van der Waals surface area contributed by atoms with Crippen molar-refractivity contribution in [2.45, 2.75) is 45.4 Å². The molecule has 0 aliphatic carbocycles. The minimum atomic E-state index is -0.952. The van der Waals surface area contributed by atoms with Crippen LogP contribution >= 0.6 is 0 Å². The molecule has 1 amide bonds. The Kier molecular flexibility index (Phi) is 8.81. The summed E-state index contributed by atoms with van der Waals surface area (Å²) in [5.74, 6) is -2.69. The summed E-state index contributed by atoms with van der Waals surface area (Å²) in [5.41, 5.74) is 6.51. The Labute approximate surface area is 141 Å². The molecule has 0 bridgehead atoms. The van der Waals surface area contributed by atoms with Gasteiger partial charge in [0.15, 0.2) is 17.9 Å². The van der Waals surface area contributed by atoms with Gasteiger partial charge in [-0.2, -0.15) is 0 Å². The third-order valence-corrected chi connectivity index (χ3v) is 3.70. The third-order valence-electron chi connectivity index (χ3n) is 3.70. The number of carbonyl (C=O) groups is 1. The highest BCUT2D eigenvalue weighted by Crippen LogP contribution is 2.24. The van der Waals surface area contributed by atoms with Crippen LogP contribution in [-0.2, 0) is 14.3 Å². The van der Waals surface area contributed by atoms with Gasteiger partial charge >= 0.3 is 0 Å². The second kappa shape index (κ2) is 10.3. The SMILES string of the molecule is CCOC(CNC(=O)C(N)C(CC)c1ccc(F)c(F)c1)OCC. The lowest BCUT2D eigenvalue weighted by molar-refractivity contribution is -0.141. The molecule has 0 fully saturated rings. The fourth-order valence-electron chi connectivity index (χ4n) is 2.46. The maximum Gasteiger partial charge on any atom is 0.237 e. The average Bonchev–Trinajstić information content (AvgIpc) is 2.56. The minimum Gasteiger partial charge on any atom is -0.351 e. The summed E-state index contributed by atoms with van der Waals surface area (Å²) >= 11 is 0. The van der Waals surface area contributed by atoms with E-state index in [1.165, 1.54) is 6.07 Å². The van der Waals surface area contributed by atoms with Crippen molar-refractivity contribution in [1.29, 1.82) is 0 Å². The molecule has 0 aliphatic rings. The first kappa shape index (κ1) is 20.5. The number of carbonyl (C=O) groups excluding carboxylic acids is 1. The van der Waals surface area contributed by atoms with Crippen molar-refractivity contribution in [3.63, 3.8) is 0 Å². The largest absolute Gasteiger partial charge is 0.351 e. The number of nitrogens with two attached hydrogens (primary N) is 1. The van der Waals surface area contributed by atoms with Crippen LogP contribution < -0.4 is 11.1 Å². The zero-order valence-corrected chi connectivity index (χ0v) is 14.4. The molecule has 1 rings (SSSR count). The number of hydrogen-bond donors (Lipinski definition) is 2. The summed E-state index contributed by atoms with van der Waals surface area (Å²) < 4.78 is 37.2. The van der Waals surface area contributed by atoms with Gasteiger partial charge in [-0.15, -0.1) is 0 Å². The van der Waals surface area contributed by atoms with Crippen molar-refractivity contribution in [2.75, 3.05) is 19.8 Å². The van der Waals surface area contributed by atoms with E-state index < -0.39 is 35.8 Å². The van der Waals surface area contributed by atoms with Gasteiger partial charge in [-0.3, -0.25) is 4.79 Å². The fraction of sp³-hybridized carbons (Fsp3) is 0.588. The standard InChI is InChI=1S/C17H26F2N2O3/c1-4-12(11-7-8-13(18)14(19)9-11)16(20)17(22)21-10-15(23-5-2)24-6-3/h7-9,12,15-16H,4-6,10,20H2,1-3H3,(H,21,22). The second-order valence-corrected chi connectivity index (χ2v) is 5.30. The predicted octanol–water partition coefficient (Wildman–Crippen LogP) is 2.30. The van der Waals surface area contributed by atoms with Gasteiger partial charge in [0, 0.05) is 19.1 Å². The van der Waals surface area contributed by atoms with Crippen LogP contribution in [0.3, 0.4) is 0 Å². The highest BCUT2D eigenvalue weighted by Gasteiger charge is 2.26. The van der Waals surface area contributed by atoms with Gasteiger partial charge in [-0.25, -0.2) is 8.78 Å². The molecule has 2 unspecified atom stereocenters. The van der Waals surface area contributed by atoms with Crippen molar-refractivity contribution in [3.8, 4) is 0 Å². The zero-order chi connectivity index (χ0) is 18.1. The molecule has 3 N–H and O–H groups in total. The van der Waals surface area contributed by atoms with E-state index in [4.69, 9.17) is 15.2 Å². The highest BCUT2D eigenvalue weighted by molar-refractivity contribution is 5.82. The lowest BCUT2D eigenvalue weighted by Crippen LogP contribution is -2.47. The van der Waals surface area contributed by atoms with Crippen LogP contribution in [0.4, 0.5) is 8.78 Å². The summed E-state index contributed by atoms with van der Waals surface area (Å²) in [6.45, 7) is 6.58. The van der Waals surface area contributed by atoms with Crippen LogP contribution in [0.1, 0.15) is 38.7 Å². The van der Waals surface area contributed by atoms with Crippen LogP contribution in [0, 0.1) is 11.6 Å². The predicted molar refractivity (Wildman–Crippen MR) is 87.4 cm³/mol. The van der Waals surface area contributed by atoms with Gasteiger partial charge in [-0.05, 0) is 38.0 Å². The van der Waals surface area contributed by atoms with E-state index in [2.05, 4.69) is 5.32 Å². The summed E-state index contributed by atoms with van der Waals surface area (Å²) in [6, 6.07) is 2.68. The number of ether oxygens (including phenoxy) is 2. The van der Waals surface area contributed by atoms with Crippen LogP contribution in [0.15, 0.2) is 18.2 Å². The van der Waals surface area contributed by atoms with E-state index in [1.807, 2.05) is 20.8 Å². The number of nitrogens with one attached hydrogen (secondary N) is 1. The number of halogens is 2. The number of benzene rings is 1. The molecule has 136 valence electrons. The van der Waals surface area contributed by atoms with Crippen LogP contribution in [0.2, 0.25) is 0 Å². The summed E-state index contributed by atoms with van der Waals surface area (Å²) in [5, 5.41) is 2.68. The smallest absolute Gasteiger partial charge is 0.237 e. The van der Waals surface area contributed by atoms with Crippen molar-refractivity contribution in [1.82, 2.24) is 5.32 Å². The molecule has 7 heteroatoms. The molecular weight excluding hydrogens is 318 g/mol. The molecule has 0 aromatic heterocycles. The van der Waals surface area contributed by atoms with Gasteiger partial charge in [0.25, 0.3) is 0 Å². The molecule has 0 saturated carbocycles. The Hall–Kier alpha value is -1.57. The lowest BCUT2D eigenvalue weighted by atomic mass is 9.89. The Bertz CT molecular complexity index is 523. The molecule has 1 aromatic carbocycles. The van der Waals surface area contributed by atoms with E-state index in [0.29, 0.717) is 25.2 Å². The Balaban J connectivity index is 2.72. The van der Waals surface area contributed by atoms with E-state index in [1.54, 1.807) is 0 Å². The molecule has 2 atom stereocenters. The van der Waals surface area contributed by atoms with E-state index in [9.17, 15) is 13.6 Å². The van der Waals surface area contributed by atoms with Crippen molar-refractivity contribution in [2.24, 2.45) is 5.73 Å². The van der Waals surface area contributed by atoms with Crippen molar-refractivity contribution >= 4 is 5.91 Å². The number of rotatable bonds is 10. The molecule has 0 saturated heterocycles. The molecular formula is C17H26F2N2O3. The molecule has 1 aromatic rings. The maximum atomic E-state index is 13.4. The van der Waals surface area contributed by atoms with E-state index in [-0.39, 0.29) is 6.54 Å². The topological polar surface area (TPSA) is 73.6 Å². The summed E-state index contributed by atoms with van der Waals surface area (Å²) in [6.07, 6.45) is -0.0282. The third kappa shape index (κ3) is 5.81. The van der Waals surface area contributed by atoms with E-state index >= 15 is 0 Å². The first-order valence-electron chi connectivity index (χ1n) is 8.15. The van der Waals surface area contributed by atoms with Crippen LogP contribution in [0.5, 0.6) is 0 Å². The monoisotopic (exact) mass is 344 g/mol. The van der Waals surface area contributed by atoms with Crippen LogP contribution in [0.25, 0.3) is 0 Å². The van der Waals surface area contributed by atoms with Gasteiger partial charge in [-0.1, -0.05) is 13.0 Å². The first-order chi connectivity index (χ1) is 11.4. The average molecular weight is 344 g/mol. The molecule has 24 heavy (non-hydrogen) atoms. The number of hydrogen-bond acceptors (Lipinski definition) is 4. The Morgan fingerprint density at radius 2 is 1.79 bits per heavy atom. The Morgan fingerprint density at radius 1 is 1.17 bits per heavy atom. The minimum absolute atomic E-state index is 0.169. The van der Waals surface area contributed by atoms with Gasteiger partial charge in [0.05, 0.1) is 12.6 Å². The molecule has 0 radical (unpaired) electrons. The second-order valence-electron chi connectivity index (χ2n) is 5.30. The normalized spacial score (nSPS) is 13.8. The molecule has 0 spiro atoms. The van der Waals surface area contributed by atoms with Crippen molar-refractivity contribution < 1.29 is 23.0 Å². The van der Waals surface area contributed by atoms with Gasteiger partial charge in [0.2, 0.25) is 5.91 Å². The number of amides is 1. The summed E-state index contributed by atoms with van der Waals surface area (Å²) in [7, 11) is 0. The highest BCUT2D eigenvalue weighted by atomic mass is 19.2. The Morgan fingerprint density at radius 3 is 2.29 bits per heavy atom. The van der Waals surface area contributed by atoms with Gasteiger partial charge in [0.1, 0.15) is 0 Å². The molecule has 0 heterocycles. The summed E-state index contributed by atoms with van der Waals surface area (Å²) in [4.78, 5) is 12.3. The maximum absolute atomic E-state index is 13.4. The molecule has 0 aliphatic heterocycles. The van der Waals surface area contributed by atoms with Crippen molar-refractivity contribution in [3.05, 3.63) is 35.4 Å². The zero-order valence-electron chi connectivity index (χ0n) is 14.4. The first-order valence-corrected chi connectivity index (χ1v) is 8.15. The van der Waals surface area contributed by atoms with Gasteiger partial charge < -0.3 is 20.5 Å². The lowest BCUT2D eigenvalue weighted by Gasteiger charge is -2.24. The van der Waals surface area contributed by atoms with Crippen LogP contribution in [-0.4, -0.2) is 38.0 Å². The van der Waals surface area contributed by atoms with E-state index in [0.717, 1.165) is 12.1 Å². The molecule has 5 nitrogen and oxygen atoms in total. The quantitative estimate of drug-likeness (QED) is 0.639. The fourth-order valence-corrected chi connectivity index (χ4v) is 2.46.